The Bertz CT molecular complexity index is 76.8. The molecule has 0 atom stereocenters. The van der Waals surface area contributed by atoms with Crippen molar-refractivity contribution in [2.75, 3.05) is 39.5 Å². The molecule has 67 valence electrons. The van der Waals surface area contributed by atoms with Crippen LogP contribution in [-0.2, 0) is 5.11 Å². The van der Waals surface area contributed by atoms with Crippen molar-refractivity contribution in [3.05, 3.63) is 0 Å². The van der Waals surface area contributed by atoms with Gasteiger partial charge in [-0.3, -0.25) is 4.90 Å². The lowest BCUT2D eigenvalue weighted by Gasteiger charge is -2.18. The molecule has 0 unspecified atom stereocenters. The van der Waals surface area contributed by atoms with Crippen LogP contribution in [0.15, 0.2) is 0 Å². The van der Waals surface area contributed by atoms with Crippen LogP contribution in [0.1, 0.15) is 6.42 Å². The Morgan fingerprint density at radius 2 is 2.00 bits per heavy atom. The van der Waals surface area contributed by atoms with Gasteiger partial charge >= 0.3 is 0 Å². The molecule has 1 N–H and O–H groups in total. The lowest BCUT2D eigenvalue weighted by molar-refractivity contribution is 0.146. The second kappa shape index (κ2) is 7.91. The molecule has 0 bridgehead atoms. The molecular weight excluding hydrogens is 149 g/mol. The highest BCUT2D eigenvalue weighted by Gasteiger charge is 2.01. The van der Waals surface area contributed by atoms with Crippen molar-refractivity contribution < 1.29 is 14.6 Å². The van der Waals surface area contributed by atoms with Gasteiger partial charge in [0.15, 0.2) is 0 Å². The summed E-state index contributed by atoms with van der Waals surface area (Å²) in [4.78, 5) is 1.75. The van der Waals surface area contributed by atoms with Crippen molar-refractivity contribution >= 4 is 0 Å². The molecule has 11 heavy (non-hydrogen) atoms. The molecule has 0 heterocycles. The quantitative estimate of drug-likeness (QED) is 0.578. The van der Waals surface area contributed by atoms with Crippen LogP contribution in [0.3, 0.4) is 0 Å². The number of alkyl halides is 1. The van der Waals surface area contributed by atoms with E-state index in [-0.39, 0.29) is 13.2 Å². The predicted octanol–water partition coefficient (Wildman–Crippen LogP) is 0.0708. The van der Waals surface area contributed by atoms with E-state index in [1.54, 1.807) is 4.90 Å². The van der Waals surface area contributed by atoms with E-state index in [0.717, 1.165) is 0 Å². The van der Waals surface area contributed by atoms with E-state index < -0.39 is 6.67 Å². The van der Waals surface area contributed by atoms with E-state index in [9.17, 15) is 9.50 Å². The van der Waals surface area contributed by atoms with Crippen LogP contribution in [0.2, 0.25) is 0 Å². The summed E-state index contributed by atoms with van der Waals surface area (Å²) in [5.74, 6) is 0. The van der Waals surface area contributed by atoms with Crippen molar-refractivity contribution in [2.45, 2.75) is 6.42 Å². The molecule has 0 aliphatic carbocycles. The number of hydrogen-bond acceptors (Lipinski definition) is 2. The second-order valence-electron chi connectivity index (χ2n) is 2.31. The maximum absolute atomic E-state index is 11.8. The zero-order chi connectivity index (χ0) is 8.53. The third kappa shape index (κ3) is 6.22. The fourth-order valence-electron chi connectivity index (χ4n) is 0.885. The van der Waals surface area contributed by atoms with Crippen LogP contribution in [0.25, 0.3) is 0 Å². The van der Waals surface area contributed by atoms with E-state index in [2.05, 4.69) is 0 Å². The SMILES string of the molecule is [O]CCCN(CCO)CCF. The van der Waals surface area contributed by atoms with Gasteiger partial charge in [-0.05, 0) is 6.42 Å². The summed E-state index contributed by atoms with van der Waals surface area (Å²) in [5, 5.41) is 18.6. The van der Waals surface area contributed by atoms with Gasteiger partial charge in [0.05, 0.1) is 13.2 Å². The molecule has 0 aromatic carbocycles. The molecule has 3 nitrogen and oxygen atoms in total. The monoisotopic (exact) mass is 164 g/mol. The Balaban J connectivity index is 3.34. The third-order valence-corrected chi connectivity index (χ3v) is 1.44. The highest BCUT2D eigenvalue weighted by molar-refractivity contribution is 4.55. The maximum Gasteiger partial charge on any atom is 0.102 e. The minimum atomic E-state index is -0.418. The van der Waals surface area contributed by atoms with Crippen LogP contribution in [0.4, 0.5) is 4.39 Å². The Hall–Kier alpha value is -0.190. The van der Waals surface area contributed by atoms with Crippen molar-refractivity contribution in [1.82, 2.24) is 4.90 Å². The first-order valence-electron chi connectivity index (χ1n) is 3.82. The molecule has 0 spiro atoms. The summed E-state index contributed by atoms with van der Waals surface area (Å²) in [6, 6.07) is 0. The molecule has 0 aliphatic rings. The Kier molecular flexibility index (Phi) is 7.78. The van der Waals surface area contributed by atoms with Gasteiger partial charge in [0.25, 0.3) is 0 Å². The van der Waals surface area contributed by atoms with Crippen LogP contribution < -0.4 is 0 Å². The summed E-state index contributed by atoms with van der Waals surface area (Å²) >= 11 is 0. The van der Waals surface area contributed by atoms with Crippen LogP contribution >= 0.6 is 0 Å². The average molecular weight is 164 g/mol. The van der Waals surface area contributed by atoms with E-state index >= 15 is 0 Å². The first kappa shape index (κ1) is 10.8. The summed E-state index contributed by atoms with van der Waals surface area (Å²) in [7, 11) is 0. The summed E-state index contributed by atoms with van der Waals surface area (Å²) in [6.07, 6.45) is 0.528. The average Bonchev–Trinajstić information content (AvgIpc) is 2.01. The molecule has 0 fully saturated rings. The van der Waals surface area contributed by atoms with Gasteiger partial charge in [0.1, 0.15) is 6.67 Å². The molecule has 0 amide bonds. The zero-order valence-corrected chi connectivity index (χ0v) is 6.63. The smallest absolute Gasteiger partial charge is 0.102 e. The number of aliphatic hydroxyl groups excluding tert-OH is 1. The van der Waals surface area contributed by atoms with Crippen LogP contribution in [-0.4, -0.2) is 49.5 Å². The number of aliphatic hydroxyl groups is 1. The lowest BCUT2D eigenvalue weighted by atomic mass is 10.4. The van der Waals surface area contributed by atoms with Crippen molar-refractivity contribution in [3.8, 4) is 0 Å². The van der Waals surface area contributed by atoms with Crippen molar-refractivity contribution in [1.29, 1.82) is 0 Å². The minimum Gasteiger partial charge on any atom is -0.395 e. The van der Waals surface area contributed by atoms with Gasteiger partial charge in [-0.25, -0.2) is 9.50 Å². The van der Waals surface area contributed by atoms with E-state index in [1.165, 1.54) is 0 Å². The van der Waals surface area contributed by atoms with E-state index in [1.807, 2.05) is 0 Å². The predicted molar refractivity (Wildman–Crippen MR) is 39.7 cm³/mol. The molecule has 0 rings (SSSR count). The molecule has 0 aromatic rings. The van der Waals surface area contributed by atoms with Gasteiger partial charge < -0.3 is 5.11 Å². The van der Waals surface area contributed by atoms with Gasteiger partial charge in [0, 0.05) is 19.6 Å². The molecular formula is C7H15FNO2. The summed E-state index contributed by atoms with van der Waals surface area (Å²) < 4.78 is 11.8. The number of halogens is 1. The first-order chi connectivity index (χ1) is 5.35. The van der Waals surface area contributed by atoms with Gasteiger partial charge in [-0.1, -0.05) is 0 Å². The first-order valence-corrected chi connectivity index (χ1v) is 3.82. The Labute approximate surface area is 66.4 Å². The zero-order valence-electron chi connectivity index (χ0n) is 6.63. The molecule has 0 aliphatic heterocycles. The standard InChI is InChI=1S/C7H15FNO2/c8-2-4-9(5-7-11)3-1-6-10/h11H,1-7H2. The summed E-state index contributed by atoms with van der Waals surface area (Å²) in [5.41, 5.74) is 0. The topological polar surface area (TPSA) is 43.4 Å². The fraction of sp³-hybridized carbons (Fsp3) is 1.00. The number of hydrogen-bond donors (Lipinski definition) is 1. The third-order valence-electron chi connectivity index (χ3n) is 1.44. The van der Waals surface area contributed by atoms with E-state index in [4.69, 9.17) is 5.11 Å². The largest absolute Gasteiger partial charge is 0.395 e. The van der Waals surface area contributed by atoms with Crippen molar-refractivity contribution in [2.24, 2.45) is 0 Å². The molecule has 1 radical (unpaired) electrons. The Morgan fingerprint density at radius 3 is 2.45 bits per heavy atom. The number of rotatable bonds is 7. The fourth-order valence-corrected chi connectivity index (χ4v) is 0.885. The lowest BCUT2D eigenvalue weighted by Crippen LogP contribution is -2.30. The van der Waals surface area contributed by atoms with Gasteiger partial charge in [-0.2, -0.15) is 0 Å². The highest BCUT2D eigenvalue weighted by atomic mass is 19.1. The molecule has 4 heteroatoms. The highest BCUT2D eigenvalue weighted by Crippen LogP contribution is 1.90. The van der Waals surface area contributed by atoms with Crippen molar-refractivity contribution in [3.63, 3.8) is 0 Å². The van der Waals surface area contributed by atoms with Crippen LogP contribution in [0.5, 0.6) is 0 Å². The maximum atomic E-state index is 11.8. The normalized spacial score (nSPS) is 10.9. The van der Waals surface area contributed by atoms with Gasteiger partial charge in [0.2, 0.25) is 0 Å². The van der Waals surface area contributed by atoms with Crippen LogP contribution in [0, 0.1) is 0 Å². The molecule has 0 aromatic heterocycles. The molecule has 0 saturated carbocycles. The minimum absolute atomic E-state index is 0.0266. The van der Waals surface area contributed by atoms with E-state index in [0.29, 0.717) is 26.1 Å². The second-order valence-corrected chi connectivity index (χ2v) is 2.31. The Morgan fingerprint density at radius 1 is 1.27 bits per heavy atom. The molecule has 0 saturated heterocycles. The number of nitrogens with zero attached hydrogens (tertiary/aromatic N) is 1. The summed E-state index contributed by atoms with van der Waals surface area (Å²) in [6.45, 7) is 0.852. The van der Waals surface area contributed by atoms with Gasteiger partial charge in [-0.15, -0.1) is 0 Å².